The Morgan fingerprint density at radius 3 is 2.32 bits per heavy atom. The molecule has 0 saturated heterocycles. The summed E-state index contributed by atoms with van der Waals surface area (Å²) in [7, 11) is 0. The summed E-state index contributed by atoms with van der Waals surface area (Å²) in [4.78, 5) is 24.5. The van der Waals surface area contributed by atoms with Crippen LogP contribution in [0.5, 0.6) is 5.75 Å². The highest BCUT2D eigenvalue weighted by atomic mass is 16.5. The Morgan fingerprint density at radius 1 is 0.821 bits per heavy atom. The van der Waals surface area contributed by atoms with E-state index in [-0.39, 0.29) is 5.91 Å². The van der Waals surface area contributed by atoms with Gasteiger partial charge in [-0.2, -0.15) is 0 Å². The molecule has 0 aliphatic carbocycles. The van der Waals surface area contributed by atoms with Crippen LogP contribution in [0.25, 0.3) is 0 Å². The molecular formula is C23H22N2O3. The lowest BCUT2D eigenvalue weighted by molar-refractivity contribution is 0.0846. The summed E-state index contributed by atoms with van der Waals surface area (Å²) in [5.41, 5.74) is 7.83. The van der Waals surface area contributed by atoms with Gasteiger partial charge in [0, 0.05) is 17.5 Å². The molecule has 0 aliphatic heterocycles. The molecule has 3 aromatic rings. The standard InChI is InChI=1S/C23H22N2O3/c1-17-8-5-6-13-21(17)23(27)25-24-22(26)19-11-7-12-20(16-19)28-15-14-18-9-3-2-4-10-18/h2-13,16H,14-15H2,1H3,(H,24,26)(H,25,27). The minimum Gasteiger partial charge on any atom is -0.493 e. The second kappa shape index (κ2) is 9.37. The molecule has 0 radical (unpaired) electrons. The van der Waals surface area contributed by atoms with Crippen LogP contribution in [0.4, 0.5) is 0 Å². The average molecular weight is 374 g/mol. The summed E-state index contributed by atoms with van der Waals surface area (Å²) >= 11 is 0. The quantitative estimate of drug-likeness (QED) is 0.647. The lowest BCUT2D eigenvalue weighted by Gasteiger charge is -2.10. The number of carbonyl (C=O) groups is 2. The number of carbonyl (C=O) groups excluding carboxylic acids is 2. The van der Waals surface area contributed by atoms with E-state index in [2.05, 4.69) is 10.9 Å². The second-order valence-corrected chi connectivity index (χ2v) is 6.34. The molecule has 0 unspecified atom stereocenters. The Labute approximate surface area is 164 Å². The molecule has 3 rings (SSSR count). The van der Waals surface area contributed by atoms with Gasteiger partial charge in [0.1, 0.15) is 5.75 Å². The van der Waals surface area contributed by atoms with Crippen molar-refractivity contribution in [3.8, 4) is 5.75 Å². The zero-order valence-electron chi connectivity index (χ0n) is 15.6. The van der Waals surface area contributed by atoms with Gasteiger partial charge in [-0.3, -0.25) is 20.4 Å². The molecule has 0 saturated carbocycles. The molecule has 0 spiro atoms. The zero-order chi connectivity index (χ0) is 19.8. The first-order chi connectivity index (χ1) is 13.6. The highest BCUT2D eigenvalue weighted by Crippen LogP contribution is 2.14. The fourth-order valence-corrected chi connectivity index (χ4v) is 2.74. The van der Waals surface area contributed by atoms with Gasteiger partial charge < -0.3 is 4.74 Å². The number of ether oxygens (including phenoxy) is 1. The molecule has 0 atom stereocenters. The van der Waals surface area contributed by atoms with Gasteiger partial charge in [0.2, 0.25) is 0 Å². The number of benzene rings is 3. The van der Waals surface area contributed by atoms with Gasteiger partial charge in [-0.25, -0.2) is 0 Å². The number of rotatable bonds is 6. The van der Waals surface area contributed by atoms with Crippen LogP contribution in [0.2, 0.25) is 0 Å². The van der Waals surface area contributed by atoms with Crippen LogP contribution in [0.3, 0.4) is 0 Å². The number of amides is 2. The Balaban J connectivity index is 1.53. The van der Waals surface area contributed by atoms with Crippen molar-refractivity contribution in [3.05, 3.63) is 101 Å². The lowest BCUT2D eigenvalue weighted by Crippen LogP contribution is -2.41. The largest absolute Gasteiger partial charge is 0.493 e. The van der Waals surface area contributed by atoms with Crippen molar-refractivity contribution in [1.29, 1.82) is 0 Å². The number of nitrogens with one attached hydrogen (secondary N) is 2. The minimum atomic E-state index is -0.407. The monoisotopic (exact) mass is 374 g/mol. The van der Waals surface area contributed by atoms with Crippen molar-refractivity contribution >= 4 is 11.8 Å². The van der Waals surface area contributed by atoms with Crippen LogP contribution in [0.1, 0.15) is 31.8 Å². The molecule has 0 aromatic heterocycles. The predicted octanol–water partition coefficient (Wildman–Crippen LogP) is 3.69. The maximum Gasteiger partial charge on any atom is 0.269 e. The van der Waals surface area contributed by atoms with E-state index in [1.54, 1.807) is 36.4 Å². The van der Waals surface area contributed by atoms with Gasteiger partial charge in [0.05, 0.1) is 6.61 Å². The highest BCUT2D eigenvalue weighted by molar-refractivity contribution is 5.99. The van der Waals surface area contributed by atoms with Crippen molar-refractivity contribution in [1.82, 2.24) is 10.9 Å². The third-order valence-electron chi connectivity index (χ3n) is 4.28. The van der Waals surface area contributed by atoms with Gasteiger partial charge in [0.25, 0.3) is 11.8 Å². The van der Waals surface area contributed by atoms with Crippen molar-refractivity contribution < 1.29 is 14.3 Å². The maximum absolute atomic E-state index is 12.3. The molecule has 2 N–H and O–H groups in total. The lowest BCUT2D eigenvalue weighted by atomic mass is 10.1. The Morgan fingerprint density at radius 2 is 1.54 bits per heavy atom. The van der Waals surface area contributed by atoms with E-state index in [0.717, 1.165) is 12.0 Å². The van der Waals surface area contributed by atoms with Crippen molar-refractivity contribution in [2.24, 2.45) is 0 Å². The van der Waals surface area contributed by atoms with E-state index in [4.69, 9.17) is 4.74 Å². The van der Waals surface area contributed by atoms with Gasteiger partial charge in [-0.15, -0.1) is 0 Å². The molecule has 0 fully saturated rings. The van der Waals surface area contributed by atoms with Crippen LogP contribution in [0.15, 0.2) is 78.9 Å². The summed E-state index contributed by atoms with van der Waals surface area (Å²) in [6, 6.07) is 24.1. The molecule has 142 valence electrons. The third-order valence-corrected chi connectivity index (χ3v) is 4.28. The van der Waals surface area contributed by atoms with Crippen LogP contribution >= 0.6 is 0 Å². The first kappa shape index (κ1) is 19.2. The summed E-state index contributed by atoms with van der Waals surface area (Å²) in [6.45, 7) is 2.35. The molecule has 0 bridgehead atoms. The third kappa shape index (κ3) is 5.20. The van der Waals surface area contributed by atoms with E-state index in [9.17, 15) is 9.59 Å². The molecule has 3 aromatic carbocycles. The van der Waals surface area contributed by atoms with Gasteiger partial charge >= 0.3 is 0 Å². The number of hydrogen-bond acceptors (Lipinski definition) is 3. The van der Waals surface area contributed by atoms with Crippen molar-refractivity contribution in [3.63, 3.8) is 0 Å². The average Bonchev–Trinajstić information content (AvgIpc) is 2.73. The molecule has 5 nitrogen and oxygen atoms in total. The predicted molar refractivity (Wildman–Crippen MR) is 108 cm³/mol. The van der Waals surface area contributed by atoms with Gasteiger partial charge in [0.15, 0.2) is 0 Å². The zero-order valence-corrected chi connectivity index (χ0v) is 15.6. The molecule has 5 heteroatoms. The Hall–Kier alpha value is -3.60. The summed E-state index contributed by atoms with van der Waals surface area (Å²) in [5, 5.41) is 0. The van der Waals surface area contributed by atoms with E-state index in [0.29, 0.717) is 23.5 Å². The first-order valence-corrected chi connectivity index (χ1v) is 9.06. The van der Waals surface area contributed by atoms with Crippen LogP contribution in [0, 0.1) is 6.92 Å². The molecular weight excluding hydrogens is 352 g/mol. The summed E-state index contributed by atoms with van der Waals surface area (Å²) in [5.74, 6) is -0.161. The van der Waals surface area contributed by atoms with Crippen LogP contribution in [-0.4, -0.2) is 18.4 Å². The molecule has 2 amide bonds. The van der Waals surface area contributed by atoms with Gasteiger partial charge in [-0.05, 0) is 42.3 Å². The van der Waals surface area contributed by atoms with E-state index < -0.39 is 5.91 Å². The maximum atomic E-state index is 12.3. The molecule has 0 heterocycles. The molecule has 0 aliphatic rings. The van der Waals surface area contributed by atoms with E-state index in [1.165, 1.54) is 5.56 Å². The topological polar surface area (TPSA) is 67.4 Å². The number of hydrazine groups is 1. The normalized spacial score (nSPS) is 10.2. The summed E-state index contributed by atoms with van der Waals surface area (Å²) < 4.78 is 5.74. The SMILES string of the molecule is Cc1ccccc1C(=O)NNC(=O)c1cccc(OCCc2ccccc2)c1. The second-order valence-electron chi connectivity index (χ2n) is 6.34. The van der Waals surface area contributed by atoms with E-state index in [1.807, 2.05) is 49.4 Å². The Bertz CT molecular complexity index is 955. The Kier molecular flexibility index (Phi) is 6.41. The fraction of sp³-hybridized carbons (Fsp3) is 0.130. The smallest absolute Gasteiger partial charge is 0.269 e. The fourth-order valence-electron chi connectivity index (χ4n) is 2.74. The van der Waals surface area contributed by atoms with Crippen LogP contribution in [-0.2, 0) is 6.42 Å². The van der Waals surface area contributed by atoms with Gasteiger partial charge in [-0.1, -0.05) is 54.6 Å². The molecule has 28 heavy (non-hydrogen) atoms. The van der Waals surface area contributed by atoms with Crippen molar-refractivity contribution in [2.75, 3.05) is 6.61 Å². The van der Waals surface area contributed by atoms with Crippen molar-refractivity contribution in [2.45, 2.75) is 13.3 Å². The number of hydrogen-bond donors (Lipinski definition) is 2. The number of aryl methyl sites for hydroxylation is 1. The first-order valence-electron chi connectivity index (χ1n) is 9.06. The van der Waals surface area contributed by atoms with E-state index >= 15 is 0 Å². The minimum absolute atomic E-state index is 0.360. The summed E-state index contributed by atoms with van der Waals surface area (Å²) in [6.07, 6.45) is 0.781. The highest BCUT2D eigenvalue weighted by Gasteiger charge is 2.11. The van der Waals surface area contributed by atoms with Crippen LogP contribution < -0.4 is 15.6 Å².